The summed E-state index contributed by atoms with van der Waals surface area (Å²) in [6, 6.07) is 17.7. The number of H-pyrrole nitrogens is 1. The van der Waals surface area contributed by atoms with E-state index >= 15 is 0 Å². The maximum Gasteiger partial charge on any atom is 0.269 e. The predicted molar refractivity (Wildman–Crippen MR) is 121 cm³/mol. The molecule has 0 radical (unpaired) electrons. The van der Waals surface area contributed by atoms with Crippen LogP contribution in [0.15, 0.2) is 54.6 Å². The molecule has 4 rings (SSSR count). The van der Waals surface area contributed by atoms with E-state index in [1.54, 1.807) is 7.11 Å². The Balaban J connectivity index is 1.77. The molecule has 6 heteroatoms. The van der Waals surface area contributed by atoms with Crippen molar-refractivity contribution < 1.29 is 9.53 Å². The molecular formula is C24H26N4O2. The molecular weight excluding hydrogens is 376 g/mol. The molecule has 0 aliphatic carbocycles. The first-order valence-electron chi connectivity index (χ1n) is 10.1. The lowest BCUT2D eigenvalue weighted by Gasteiger charge is -2.11. The van der Waals surface area contributed by atoms with Gasteiger partial charge < -0.3 is 19.9 Å². The van der Waals surface area contributed by atoms with E-state index in [4.69, 9.17) is 9.72 Å². The second-order valence-corrected chi connectivity index (χ2v) is 7.59. The number of benzene rings is 2. The maximum atomic E-state index is 12.9. The van der Waals surface area contributed by atoms with Gasteiger partial charge in [-0.15, -0.1) is 0 Å². The molecule has 0 spiro atoms. The van der Waals surface area contributed by atoms with Crippen LogP contribution in [-0.2, 0) is 0 Å². The number of para-hydroxylation sites is 1. The minimum atomic E-state index is -0.157. The van der Waals surface area contributed by atoms with Crippen LogP contribution in [0.2, 0.25) is 0 Å². The van der Waals surface area contributed by atoms with Crippen molar-refractivity contribution in [3.05, 3.63) is 60.3 Å². The summed E-state index contributed by atoms with van der Waals surface area (Å²) in [6.45, 7) is 1.54. The van der Waals surface area contributed by atoms with Crippen LogP contribution in [-0.4, -0.2) is 55.1 Å². The van der Waals surface area contributed by atoms with Crippen LogP contribution in [0, 0.1) is 0 Å². The Morgan fingerprint density at radius 1 is 1.10 bits per heavy atom. The predicted octanol–water partition coefficient (Wildman–Crippen LogP) is 4.07. The van der Waals surface area contributed by atoms with E-state index in [0.29, 0.717) is 12.2 Å². The summed E-state index contributed by atoms with van der Waals surface area (Å²) in [5.74, 6) is 0.622. The van der Waals surface area contributed by atoms with E-state index in [1.807, 2.05) is 62.6 Å². The number of aromatic nitrogens is 2. The molecule has 2 aromatic carbocycles. The minimum Gasteiger partial charge on any atom is -0.497 e. The zero-order chi connectivity index (χ0) is 21.1. The highest BCUT2D eigenvalue weighted by Crippen LogP contribution is 2.33. The highest BCUT2D eigenvalue weighted by atomic mass is 16.5. The average molecular weight is 402 g/mol. The Hall–Kier alpha value is -3.38. The van der Waals surface area contributed by atoms with Crippen molar-refractivity contribution in [1.82, 2.24) is 20.2 Å². The normalized spacial score (nSPS) is 11.3. The standard InChI is InChI=1S/C24H26N4O2/c1-28(2)14-6-13-25-24(29)21-15-19-18-7-4-5-8-20(18)26-23(19)22(27-21)16-9-11-17(30-3)12-10-16/h4-5,7-12,15,26H,6,13-14H2,1-3H3,(H,25,29). The second kappa shape index (κ2) is 8.55. The first-order chi connectivity index (χ1) is 14.6. The summed E-state index contributed by atoms with van der Waals surface area (Å²) >= 11 is 0. The lowest BCUT2D eigenvalue weighted by molar-refractivity contribution is 0.0947. The number of carbonyl (C=O) groups excluding carboxylic acids is 1. The van der Waals surface area contributed by atoms with Gasteiger partial charge in [-0.25, -0.2) is 4.98 Å². The Labute approximate surface area is 175 Å². The van der Waals surface area contributed by atoms with Gasteiger partial charge in [-0.1, -0.05) is 18.2 Å². The summed E-state index contributed by atoms with van der Waals surface area (Å²) in [6.07, 6.45) is 0.888. The number of methoxy groups -OCH3 is 1. The molecule has 0 aliphatic rings. The maximum absolute atomic E-state index is 12.9. The second-order valence-electron chi connectivity index (χ2n) is 7.59. The van der Waals surface area contributed by atoms with Crippen LogP contribution < -0.4 is 10.1 Å². The summed E-state index contributed by atoms with van der Waals surface area (Å²) in [7, 11) is 5.69. The number of rotatable bonds is 7. The highest BCUT2D eigenvalue weighted by molar-refractivity contribution is 6.13. The summed E-state index contributed by atoms with van der Waals surface area (Å²) in [5.41, 5.74) is 4.04. The van der Waals surface area contributed by atoms with Gasteiger partial charge in [0.05, 0.1) is 18.3 Å². The molecule has 1 amide bonds. The van der Waals surface area contributed by atoms with E-state index in [-0.39, 0.29) is 5.91 Å². The number of nitrogens with one attached hydrogen (secondary N) is 2. The zero-order valence-electron chi connectivity index (χ0n) is 17.5. The van der Waals surface area contributed by atoms with Crippen LogP contribution in [0.1, 0.15) is 16.9 Å². The molecule has 30 heavy (non-hydrogen) atoms. The number of pyridine rings is 1. The molecule has 2 heterocycles. The molecule has 2 N–H and O–H groups in total. The third kappa shape index (κ3) is 4.00. The highest BCUT2D eigenvalue weighted by Gasteiger charge is 2.17. The molecule has 2 aromatic heterocycles. The molecule has 0 aliphatic heterocycles. The molecule has 0 saturated carbocycles. The van der Waals surface area contributed by atoms with Gasteiger partial charge in [0.1, 0.15) is 11.4 Å². The smallest absolute Gasteiger partial charge is 0.269 e. The summed E-state index contributed by atoms with van der Waals surface area (Å²) in [5, 5.41) is 5.06. The monoisotopic (exact) mass is 402 g/mol. The first kappa shape index (κ1) is 19.9. The minimum absolute atomic E-state index is 0.157. The number of carbonyl (C=O) groups is 1. The number of aromatic amines is 1. The van der Waals surface area contributed by atoms with Crippen molar-refractivity contribution in [2.45, 2.75) is 6.42 Å². The van der Waals surface area contributed by atoms with Crippen molar-refractivity contribution in [1.29, 1.82) is 0 Å². The van der Waals surface area contributed by atoms with Crippen molar-refractivity contribution in [3.63, 3.8) is 0 Å². The van der Waals surface area contributed by atoms with Crippen LogP contribution in [0.3, 0.4) is 0 Å². The van der Waals surface area contributed by atoms with Crippen molar-refractivity contribution in [3.8, 4) is 17.0 Å². The van der Waals surface area contributed by atoms with Crippen LogP contribution in [0.25, 0.3) is 33.1 Å². The van der Waals surface area contributed by atoms with Crippen molar-refractivity contribution in [2.75, 3.05) is 34.3 Å². The molecule has 0 fully saturated rings. The molecule has 6 nitrogen and oxygen atoms in total. The van der Waals surface area contributed by atoms with Gasteiger partial charge >= 0.3 is 0 Å². The van der Waals surface area contributed by atoms with E-state index in [2.05, 4.69) is 21.3 Å². The van der Waals surface area contributed by atoms with Crippen molar-refractivity contribution in [2.24, 2.45) is 0 Å². The number of ether oxygens (including phenoxy) is 1. The third-order valence-corrected chi connectivity index (χ3v) is 5.16. The Morgan fingerprint density at radius 3 is 2.60 bits per heavy atom. The number of amides is 1. The SMILES string of the molecule is COc1ccc(-c2nc(C(=O)NCCCN(C)C)cc3c2[nH]c2ccccc23)cc1. The number of hydrogen-bond donors (Lipinski definition) is 2. The fourth-order valence-corrected chi connectivity index (χ4v) is 3.61. The van der Waals surface area contributed by atoms with E-state index < -0.39 is 0 Å². The average Bonchev–Trinajstić information content (AvgIpc) is 3.14. The van der Waals surface area contributed by atoms with E-state index in [9.17, 15) is 4.79 Å². The van der Waals surface area contributed by atoms with Gasteiger partial charge in [-0.05, 0) is 63.5 Å². The molecule has 4 aromatic rings. The van der Waals surface area contributed by atoms with Crippen LogP contribution in [0.5, 0.6) is 5.75 Å². The summed E-state index contributed by atoms with van der Waals surface area (Å²) in [4.78, 5) is 23.2. The van der Waals surface area contributed by atoms with E-state index in [1.165, 1.54) is 0 Å². The van der Waals surface area contributed by atoms with E-state index in [0.717, 1.165) is 51.8 Å². The molecule has 0 saturated heterocycles. The molecule has 0 unspecified atom stereocenters. The van der Waals surface area contributed by atoms with Crippen LogP contribution in [0.4, 0.5) is 0 Å². The largest absolute Gasteiger partial charge is 0.497 e. The summed E-state index contributed by atoms with van der Waals surface area (Å²) < 4.78 is 5.28. The van der Waals surface area contributed by atoms with Gasteiger partial charge in [-0.3, -0.25) is 4.79 Å². The quantitative estimate of drug-likeness (QED) is 0.457. The lowest BCUT2D eigenvalue weighted by atomic mass is 10.1. The first-order valence-corrected chi connectivity index (χ1v) is 10.1. The van der Waals surface area contributed by atoms with Gasteiger partial charge in [0, 0.05) is 28.4 Å². The van der Waals surface area contributed by atoms with Gasteiger partial charge in [0.2, 0.25) is 0 Å². The molecule has 154 valence electrons. The molecule has 0 bridgehead atoms. The Bertz CT molecular complexity index is 1180. The fraction of sp³-hybridized carbons (Fsp3) is 0.250. The van der Waals surface area contributed by atoms with Gasteiger partial charge in [-0.2, -0.15) is 0 Å². The Morgan fingerprint density at radius 2 is 1.87 bits per heavy atom. The van der Waals surface area contributed by atoms with Gasteiger partial charge in [0.15, 0.2) is 0 Å². The fourth-order valence-electron chi connectivity index (χ4n) is 3.61. The topological polar surface area (TPSA) is 70.2 Å². The van der Waals surface area contributed by atoms with Crippen LogP contribution >= 0.6 is 0 Å². The zero-order valence-corrected chi connectivity index (χ0v) is 17.5. The number of hydrogen-bond acceptors (Lipinski definition) is 4. The van der Waals surface area contributed by atoms with Gasteiger partial charge in [0.25, 0.3) is 5.91 Å². The molecule has 0 atom stereocenters. The lowest BCUT2D eigenvalue weighted by Crippen LogP contribution is -2.27. The third-order valence-electron chi connectivity index (χ3n) is 5.16. The Kier molecular flexibility index (Phi) is 5.68. The number of fused-ring (bicyclic) bond motifs is 3. The van der Waals surface area contributed by atoms with Crippen molar-refractivity contribution >= 4 is 27.7 Å². The number of nitrogens with zero attached hydrogens (tertiary/aromatic N) is 2.